The fraction of sp³-hybridized carbons (Fsp3) is 0.286. The highest BCUT2D eigenvalue weighted by Crippen LogP contribution is 2.35. The molecule has 0 bridgehead atoms. The van der Waals surface area contributed by atoms with Crippen molar-refractivity contribution < 1.29 is 32.2 Å². The third-order valence-corrected chi connectivity index (χ3v) is 8.01. The minimum absolute atomic E-state index is 0.00424. The molecule has 0 aliphatic carbocycles. The molecule has 0 aromatic heterocycles. The summed E-state index contributed by atoms with van der Waals surface area (Å²) in [5.41, 5.74) is 0.661. The smallest absolute Gasteiger partial charge is 0.264 e. The predicted octanol–water partition coefficient (Wildman–Crippen LogP) is 3.45. The second kappa shape index (κ2) is 12.6. The fourth-order valence-electron chi connectivity index (χ4n) is 4.23. The zero-order valence-electron chi connectivity index (χ0n) is 21.8. The Bertz CT molecular complexity index is 1410. The molecule has 0 unspecified atom stereocenters. The van der Waals surface area contributed by atoms with Crippen LogP contribution in [0.1, 0.15) is 23.2 Å². The molecular formula is C28H31N3O7S. The standard InChI is InChI=1S/C28H31N3O7S/c1-36-20-14-15-25(26(17-20)37-2)31(39(34,35)22-10-4-3-5-11-22)19-27(32)30-24-13-7-6-12-23(24)28(33)29-18-21-9-8-16-38-21/h3-7,10-15,17,21H,8-9,16,18-19H2,1-2H3,(H,29,33)(H,30,32)/t21-/m0/s1. The van der Waals surface area contributed by atoms with E-state index in [2.05, 4.69) is 10.6 Å². The van der Waals surface area contributed by atoms with E-state index in [0.29, 0.717) is 18.9 Å². The summed E-state index contributed by atoms with van der Waals surface area (Å²) in [6.07, 6.45) is 1.79. The molecule has 3 aromatic rings. The molecule has 1 saturated heterocycles. The van der Waals surface area contributed by atoms with E-state index in [1.165, 1.54) is 38.5 Å². The summed E-state index contributed by atoms with van der Waals surface area (Å²) in [6.45, 7) is 0.460. The molecule has 10 nitrogen and oxygen atoms in total. The Morgan fingerprint density at radius 3 is 2.44 bits per heavy atom. The van der Waals surface area contributed by atoms with Crippen molar-refractivity contribution in [2.45, 2.75) is 23.8 Å². The highest BCUT2D eigenvalue weighted by molar-refractivity contribution is 7.92. The first-order valence-electron chi connectivity index (χ1n) is 12.4. The predicted molar refractivity (Wildman–Crippen MR) is 147 cm³/mol. The number of ether oxygens (including phenoxy) is 3. The van der Waals surface area contributed by atoms with Crippen molar-refractivity contribution in [2.24, 2.45) is 0 Å². The number of sulfonamides is 1. The Labute approximate surface area is 227 Å². The summed E-state index contributed by atoms with van der Waals surface area (Å²) in [7, 11) is -1.30. The molecule has 1 heterocycles. The molecule has 2 amide bonds. The summed E-state index contributed by atoms with van der Waals surface area (Å²) >= 11 is 0. The molecule has 11 heteroatoms. The number of carbonyl (C=O) groups excluding carboxylic acids is 2. The number of methoxy groups -OCH3 is 2. The van der Waals surface area contributed by atoms with Crippen LogP contribution in [0.3, 0.4) is 0 Å². The maximum atomic E-state index is 13.7. The zero-order valence-corrected chi connectivity index (χ0v) is 22.6. The lowest BCUT2D eigenvalue weighted by atomic mass is 10.1. The largest absolute Gasteiger partial charge is 0.497 e. The van der Waals surface area contributed by atoms with Crippen LogP contribution in [-0.4, -0.2) is 60.3 Å². The molecule has 1 atom stereocenters. The third-order valence-electron chi connectivity index (χ3n) is 6.23. The fourth-order valence-corrected chi connectivity index (χ4v) is 5.68. The van der Waals surface area contributed by atoms with E-state index in [4.69, 9.17) is 14.2 Å². The highest BCUT2D eigenvalue weighted by atomic mass is 32.2. The van der Waals surface area contributed by atoms with E-state index in [1.807, 2.05) is 0 Å². The van der Waals surface area contributed by atoms with Crippen LogP contribution < -0.4 is 24.4 Å². The van der Waals surface area contributed by atoms with E-state index >= 15 is 0 Å². The van der Waals surface area contributed by atoms with Gasteiger partial charge in [0.25, 0.3) is 15.9 Å². The highest BCUT2D eigenvalue weighted by Gasteiger charge is 2.30. The van der Waals surface area contributed by atoms with Gasteiger partial charge in [0.05, 0.1) is 42.2 Å². The van der Waals surface area contributed by atoms with Gasteiger partial charge in [-0.3, -0.25) is 13.9 Å². The summed E-state index contributed by atoms with van der Waals surface area (Å²) in [4.78, 5) is 26.2. The van der Waals surface area contributed by atoms with Gasteiger partial charge in [-0.1, -0.05) is 30.3 Å². The number of amides is 2. The van der Waals surface area contributed by atoms with E-state index in [1.54, 1.807) is 48.5 Å². The van der Waals surface area contributed by atoms with Crippen LogP contribution in [0.5, 0.6) is 11.5 Å². The number of carbonyl (C=O) groups is 2. The normalized spacial score (nSPS) is 14.9. The van der Waals surface area contributed by atoms with Gasteiger partial charge in [0.2, 0.25) is 5.91 Å². The molecule has 1 aliphatic rings. The van der Waals surface area contributed by atoms with Crippen LogP contribution in [-0.2, 0) is 19.6 Å². The molecule has 0 radical (unpaired) electrons. The van der Waals surface area contributed by atoms with Gasteiger partial charge in [0, 0.05) is 19.2 Å². The second-order valence-electron chi connectivity index (χ2n) is 8.80. The number of para-hydroxylation sites is 1. The van der Waals surface area contributed by atoms with E-state index < -0.39 is 22.5 Å². The van der Waals surface area contributed by atoms with Gasteiger partial charge in [-0.15, -0.1) is 0 Å². The van der Waals surface area contributed by atoms with E-state index in [9.17, 15) is 18.0 Å². The lowest BCUT2D eigenvalue weighted by Crippen LogP contribution is -2.39. The van der Waals surface area contributed by atoms with Gasteiger partial charge in [-0.2, -0.15) is 0 Å². The minimum Gasteiger partial charge on any atom is -0.497 e. The van der Waals surface area contributed by atoms with Crippen molar-refractivity contribution >= 4 is 33.2 Å². The molecule has 0 spiro atoms. The van der Waals surface area contributed by atoms with Gasteiger partial charge in [-0.25, -0.2) is 8.42 Å². The number of rotatable bonds is 11. The van der Waals surface area contributed by atoms with Gasteiger partial charge in [0.15, 0.2) is 0 Å². The van der Waals surface area contributed by atoms with Crippen LogP contribution in [0.15, 0.2) is 77.7 Å². The van der Waals surface area contributed by atoms with Gasteiger partial charge in [-0.05, 0) is 49.2 Å². The van der Waals surface area contributed by atoms with Gasteiger partial charge < -0.3 is 24.8 Å². The molecule has 1 fully saturated rings. The quantitative estimate of drug-likeness (QED) is 0.373. The monoisotopic (exact) mass is 553 g/mol. The van der Waals surface area contributed by atoms with E-state index in [-0.39, 0.29) is 39.6 Å². The van der Waals surface area contributed by atoms with Crippen molar-refractivity contribution in [3.63, 3.8) is 0 Å². The van der Waals surface area contributed by atoms with Gasteiger partial charge >= 0.3 is 0 Å². The molecule has 39 heavy (non-hydrogen) atoms. The lowest BCUT2D eigenvalue weighted by Gasteiger charge is -2.26. The van der Waals surface area contributed by atoms with Crippen LogP contribution in [0.25, 0.3) is 0 Å². The van der Waals surface area contributed by atoms with Crippen molar-refractivity contribution in [1.29, 1.82) is 0 Å². The molecule has 206 valence electrons. The number of benzene rings is 3. The average molecular weight is 554 g/mol. The Morgan fingerprint density at radius 2 is 1.74 bits per heavy atom. The molecule has 2 N–H and O–H groups in total. The molecule has 3 aromatic carbocycles. The number of hydrogen-bond acceptors (Lipinski definition) is 7. The van der Waals surface area contributed by atoms with Crippen molar-refractivity contribution in [3.05, 3.63) is 78.4 Å². The summed E-state index contributed by atoms with van der Waals surface area (Å²) in [6, 6.07) is 19.0. The topological polar surface area (TPSA) is 123 Å². The van der Waals surface area contributed by atoms with Crippen LogP contribution in [0.2, 0.25) is 0 Å². The molecule has 1 aliphatic heterocycles. The number of nitrogens with zero attached hydrogens (tertiary/aromatic N) is 1. The van der Waals surface area contributed by atoms with E-state index in [0.717, 1.165) is 17.1 Å². The first kappa shape index (κ1) is 27.9. The zero-order chi connectivity index (χ0) is 27.8. The number of nitrogens with one attached hydrogen (secondary N) is 2. The van der Waals surface area contributed by atoms with Crippen LogP contribution >= 0.6 is 0 Å². The molecule has 0 saturated carbocycles. The molecule has 4 rings (SSSR count). The van der Waals surface area contributed by atoms with Crippen molar-refractivity contribution in [1.82, 2.24) is 5.32 Å². The summed E-state index contributed by atoms with van der Waals surface area (Å²) in [5, 5.41) is 5.54. The third kappa shape index (κ3) is 6.68. The van der Waals surface area contributed by atoms with Crippen molar-refractivity contribution in [2.75, 3.05) is 43.5 Å². The lowest BCUT2D eigenvalue weighted by molar-refractivity contribution is -0.114. The molecular weight excluding hydrogens is 522 g/mol. The van der Waals surface area contributed by atoms with Crippen LogP contribution in [0, 0.1) is 0 Å². The SMILES string of the molecule is COc1ccc(N(CC(=O)Nc2ccccc2C(=O)NC[C@@H]2CCCO2)S(=O)(=O)c2ccccc2)c(OC)c1. The summed E-state index contributed by atoms with van der Waals surface area (Å²) in [5.74, 6) is -0.352. The van der Waals surface area contributed by atoms with Gasteiger partial charge in [0.1, 0.15) is 18.0 Å². The van der Waals surface area contributed by atoms with Crippen LogP contribution in [0.4, 0.5) is 11.4 Å². The average Bonchev–Trinajstić information content (AvgIpc) is 3.49. The minimum atomic E-state index is -4.18. The van der Waals surface area contributed by atoms with Crippen molar-refractivity contribution in [3.8, 4) is 11.5 Å². The summed E-state index contributed by atoms with van der Waals surface area (Å²) < 4.78 is 44.6. The second-order valence-corrected chi connectivity index (χ2v) is 10.7. The Morgan fingerprint density at radius 1 is 1.00 bits per heavy atom. The Balaban J connectivity index is 1.60. The maximum absolute atomic E-state index is 13.7. The number of anilines is 2. The first-order valence-corrected chi connectivity index (χ1v) is 13.9. The maximum Gasteiger partial charge on any atom is 0.264 e. The number of hydrogen-bond donors (Lipinski definition) is 2. The first-order chi connectivity index (χ1) is 18.8. The Hall–Kier alpha value is -4.09. The Kier molecular flexibility index (Phi) is 9.05.